The first-order chi connectivity index (χ1) is 8.36. The molecule has 83 valence electrons. The average Bonchev–Trinajstić information content (AvgIpc) is 2.82. The monoisotopic (exact) mass is 224 g/mol. The van der Waals surface area contributed by atoms with Gasteiger partial charge in [-0.05, 0) is 30.3 Å². The molecule has 0 amide bonds. The molecular weight excluding hydrogens is 214 g/mol. The predicted octanol–water partition coefficient (Wildman–Crippen LogP) is 3.30. The lowest BCUT2D eigenvalue weighted by Crippen LogP contribution is -1.82. The third-order valence-electron chi connectivity index (χ3n) is 2.56. The van der Waals surface area contributed by atoms with Gasteiger partial charge in [-0.3, -0.25) is 0 Å². The van der Waals surface area contributed by atoms with Crippen LogP contribution in [0.1, 0.15) is 0 Å². The average molecular weight is 224 g/mol. The minimum absolute atomic E-state index is 0.602. The van der Waals surface area contributed by atoms with Crippen molar-refractivity contribution >= 4 is 11.1 Å². The van der Waals surface area contributed by atoms with Crippen LogP contribution in [-0.4, -0.2) is 12.1 Å². The summed E-state index contributed by atoms with van der Waals surface area (Å²) in [6, 6.07) is 16.2. The molecule has 2 aromatic carbocycles. The molecule has 17 heavy (non-hydrogen) atoms. The van der Waals surface area contributed by atoms with Gasteiger partial charge in [-0.1, -0.05) is 12.1 Å². The van der Waals surface area contributed by atoms with Gasteiger partial charge >= 0.3 is 0 Å². The van der Waals surface area contributed by atoms with Crippen LogP contribution in [0.2, 0.25) is 0 Å². The van der Waals surface area contributed by atoms with Crippen LogP contribution in [0.4, 0.5) is 0 Å². The van der Waals surface area contributed by atoms with Gasteiger partial charge in [-0.25, -0.2) is 4.98 Å². The van der Waals surface area contributed by atoms with E-state index < -0.39 is 0 Å². The highest BCUT2D eigenvalue weighted by Crippen LogP contribution is 2.25. The molecule has 0 aliphatic rings. The van der Waals surface area contributed by atoms with E-state index in [0.717, 1.165) is 16.8 Å². The summed E-state index contributed by atoms with van der Waals surface area (Å²) >= 11 is 0. The number of hydrogen-bond acceptors (Lipinski definition) is 3. The molecule has 1 aromatic heterocycles. The smallest absolute Gasteiger partial charge is 0.227 e. The normalized spacial score (nSPS) is 10.6. The molecule has 0 bridgehead atoms. The summed E-state index contributed by atoms with van der Waals surface area (Å²) in [5.41, 5.74) is 2.42. The molecule has 0 unspecified atom stereocenters. The molecule has 0 fully saturated rings. The summed E-state index contributed by atoms with van der Waals surface area (Å²) in [4.78, 5) is 4.40. The molecule has 3 rings (SSSR count). The summed E-state index contributed by atoms with van der Waals surface area (Å²) < 4.78 is 10.7. The van der Waals surface area contributed by atoms with E-state index in [4.69, 9.17) is 9.15 Å². The molecule has 3 nitrogen and oxygen atoms in total. The number of hydrogen-bond donors (Lipinski definition) is 0. The number of fused-ring (bicyclic) bond motifs is 1. The van der Waals surface area contributed by atoms with Crippen LogP contribution < -0.4 is 4.74 Å². The van der Waals surface area contributed by atoms with E-state index in [1.807, 2.05) is 42.5 Å². The van der Waals surface area contributed by atoms with Crippen molar-refractivity contribution in [3.8, 4) is 17.2 Å². The van der Waals surface area contributed by atoms with Crippen molar-refractivity contribution in [1.82, 2.24) is 4.98 Å². The fourth-order valence-corrected chi connectivity index (χ4v) is 1.67. The van der Waals surface area contributed by atoms with Crippen molar-refractivity contribution in [2.45, 2.75) is 0 Å². The zero-order valence-corrected chi connectivity index (χ0v) is 9.31. The van der Waals surface area contributed by atoms with Gasteiger partial charge in [-0.15, -0.1) is 0 Å². The van der Waals surface area contributed by atoms with Crippen LogP contribution in [0, 0.1) is 6.07 Å². The van der Waals surface area contributed by atoms with Gasteiger partial charge in [0.05, 0.1) is 7.11 Å². The van der Waals surface area contributed by atoms with Crippen LogP contribution in [0.5, 0.6) is 5.75 Å². The second-order valence-corrected chi connectivity index (χ2v) is 3.63. The van der Waals surface area contributed by atoms with Crippen LogP contribution in [0.15, 0.2) is 46.9 Å². The van der Waals surface area contributed by atoms with E-state index in [0.29, 0.717) is 11.5 Å². The highest BCUT2D eigenvalue weighted by molar-refractivity contribution is 5.75. The van der Waals surface area contributed by atoms with Crippen molar-refractivity contribution in [2.24, 2.45) is 0 Å². The molecule has 3 heteroatoms. The number of benzene rings is 2. The Hall–Kier alpha value is -2.29. The predicted molar refractivity (Wildman–Crippen MR) is 64.8 cm³/mol. The van der Waals surface area contributed by atoms with Gasteiger partial charge in [0, 0.05) is 11.6 Å². The van der Waals surface area contributed by atoms with Gasteiger partial charge in [0.25, 0.3) is 0 Å². The first kappa shape index (κ1) is 9.90. The van der Waals surface area contributed by atoms with E-state index in [2.05, 4.69) is 11.1 Å². The van der Waals surface area contributed by atoms with Gasteiger partial charge in [-0.2, -0.15) is 0 Å². The Morgan fingerprint density at radius 1 is 1.18 bits per heavy atom. The second-order valence-electron chi connectivity index (χ2n) is 3.63. The summed E-state index contributed by atoms with van der Waals surface area (Å²) in [6.07, 6.45) is 0. The Labute approximate surface area is 98.7 Å². The van der Waals surface area contributed by atoms with E-state index in [1.54, 1.807) is 7.11 Å². The first-order valence-corrected chi connectivity index (χ1v) is 5.28. The van der Waals surface area contributed by atoms with E-state index >= 15 is 0 Å². The highest BCUT2D eigenvalue weighted by atomic mass is 16.5. The number of rotatable bonds is 2. The van der Waals surface area contributed by atoms with Gasteiger partial charge in [0.1, 0.15) is 11.3 Å². The Kier molecular flexibility index (Phi) is 2.29. The molecule has 1 radical (unpaired) electrons. The minimum Gasteiger partial charge on any atom is -0.497 e. The van der Waals surface area contributed by atoms with Crippen LogP contribution >= 0.6 is 0 Å². The fourth-order valence-electron chi connectivity index (χ4n) is 1.67. The van der Waals surface area contributed by atoms with Crippen LogP contribution in [-0.2, 0) is 0 Å². The third kappa shape index (κ3) is 1.76. The maximum atomic E-state index is 5.62. The van der Waals surface area contributed by atoms with Gasteiger partial charge in [0.15, 0.2) is 5.58 Å². The number of aromatic nitrogens is 1. The maximum Gasteiger partial charge on any atom is 0.227 e. The number of para-hydroxylation sites is 1. The Balaban J connectivity index is 2.07. The lowest BCUT2D eigenvalue weighted by Gasteiger charge is -1.99. The van der Waals surface area contributed by atoms with Crippen molar-refractivity contribution in [3.63, 3.8) is 0 Å². The number of nitrogens with zero attached hydrogens (tertiary/aromatic N) is 1. The van der Waals surface area contributed by atoms with Crippen LogP contribution in [0.25, 0.3) is 22.6 Å². The van der Waals surface area contributed by atoms with Crippen molar-refractivity contribution in [2.75, 3.05) is 7.11 Å². The molecule has 3 aromatic rings. The quantitative estimate of drug-likeness (QED) is 0.670. The van der Waals surface area contributed by atoms with Crippen LogP contribution in [0.3, 0.4) is 0 Å². The second kappa shape index (κ2) is 3.94. The van der Waals surface area contributed by atoms with E-state index in [1.165, 1.54) is 0 Å². The SMILES string of the molecule is COc1ccc(-c2nc3ccc[c]c3o2)cc1. The number of methoxy groups -OCH3 is 1. The molecule has 0 aliphatic heterocycles. The summed E-state index contributed by atoms with van der Waals surface area (Å²) in [6.45, 7) is 0. The standard InChI is InChI=1S/C14H10NO2/c1-16-11-8-6-10(7-9-11)14-15-12-4-2-3-5-13(12)17-14/h2-4,6-9H,1H3. The number of oxazole rings is 1. The van der Waals surface area contributed by atoms with Gasteiger partial charge < -0.3 is 9.15 Å². The molecule has 0 saturated heterocycles. The molecule has 0 atom stereocenters. The first-order valence-electron chi connectivity index (χ1n) is 5.28. The highest BCUT2D eigenvalue weighted by Gasteiger charge is 2.07. The molecule has 0 saturated carbocycles. The largest absolute Gasteiger partial charge is 0.497 e. The Bertz CT molecular complexity index is 608. The number of ether oxygens (including phenoxy) is 1. The summed E-state index contributed by atoms with van der Waals surface area (Å²) in [5, 5.41) is 0. The topological polar surface area (TPSA) is 35.3 Å². The van der Waals surface area contributed by atoms with Crippen molar-refractivity contribution in [1.29, 1.82) is 0 Å². The van der Waals surface area contributed by atoms with Crippen molar-refractivity contribution in [3.05, 3.63) is 48.5 Å². The molecule has 1 heterocycles. The maximum absolute atomic E-state index is 5.62. The minimum atomic E-state index is 0.602. The zero-order chi connectivity index (χ0) is 11.7. The lowest BCUT2D eigenvalue weighted by molar-refractivity contribution is 0.415. The lowest BCUT2D eigenvalue weighted by atomic mass is 10.2. The molecular formula is C14H10NO2. The summed E-state index contributed by atoms with van der Waals surface area (Å²) in [5.74, 6) is 1.42. The molecule has 0 spiro atoms. The van der Waals surface area contributed by atoms with Crippen molar-refractivity contribution < 1.29 is 9.15 Å². The van der Waals surface area contributed by atoms with E-state index in [9.17, 15) is 0 Å². The molecule has 0 aliphatic carbocycles. The Morgan fingerprint density at radius 2 is 2.00 bits per heavy atom. The van der Waals surface area contributed by atoms with Gasteiger partial charge in [0.2, 0.25) is 5.89 Å². The zero-order valence-electron chi connectivity index (χ0n) is 9.31. The molecule has 0 N–H and O–H groups in total. The van der Waals surface area contributed by atoms with E-state index in [-0.39, 0.29) is 0 Å². The fraction of sp³-hybridized carbons (Fsp3) is 0.0714. The Morgan fingerprint density at radius 3 is 2.71 bits per heavy atom. The summed E-state index contributed by atoms with van der Waals surface area (Å²) in [7, 11) is 1.64. The third-order valence-corrected chi connectivity index (χ3v) is 2.56.